The number of urea groups is 1. The van der Waals surface area contributed by atoms with Crippen molar-refractivity contribution in [3.05, 3.63) is 48.8 Å². The van der Waals surface area contributed by atoms with Crippen LogP contribution in [-0.2, 0) is 4.74 Å². The van der Waals surface area contributed by atoms with Crippen LogP contribution in [0, 0.1) is 0 Å². The maximum absolute atomic E-state index is 12.0. The van der Waals surface area contributed by atoms with E-state index in [9.17, 15) is 4.79 Å². The Morgan fingerprint density at radius 3 is 2.35 bits per heavy atom. The minimum absolute atomic E-state index is 0.0676. The summed E-state index contributed by atoms with van der Waals surface area (Å²) in [6.45, 7) is 2.51. The quantitative estimate of drug-likeness (QED) is 0.911. The molecule has 1 aromatic carbocycles. The van der Waals surface area contributed by atoms with Crippen molar-refractivity contribution in [2.45, 2.75) is 0 Å². The van der Waals surface area contributed by atoms with E-state index in [-0.39, 0.29) is 6.03 Å². The summed E-state index contributed by atoms with van der Waals surface area (Å²) in [7, 11) is 0. The first-order chi connectivity index (χ1) is 9.83. The smallest absolute Gasteiger partial charge is 0.321 e. The Morgan fingerprint density at radius 2 is 1.70 bits per heavy atom. The van der Waals surface area contributed by atoms with Gasteiger partial charge in [0.25, 0.3) is 0 Å². The number of nitrogens with one attached hydrogen (secondary N) is 1. The van der Waals surface area contributed by atoms with E-state index in [4.69, 9.17) is 4.74 Å². The fourth-order valence-electron chi connectivity index (χ4n) is 2.19. The minimum atomic E-state index is -0.0676. The van der Waals surface area contributed by atoms with Gasteiger partial charge in [-0.1, -0.05) is 0 Å². The van der Waals surface area contributed by atoms with Gasteiger partial charge in [-0.15, -0.1) is 0 Å². The Balaban J connectivity index is 1.64. The summed E-state index contributed by atoms with van der Waals surface area (Å²) >= 11 is 0. The van der Waals surface area contributed by atoms with Gasteiger partial charge in [0.2, 0.25) is 0 Å². The third-order valence-electron chi connectivity index (χ3n) is 3.32. The summed E-state index contributed by atoms with van der Waals surface area (Å²) in [5.41, 5.74) is 1.87. The Hall–Kier alpha value is -2.27. The van der Waals surface area contributed by atoms with Gasteiger partial charge in [0.1, 0.15) is 0 Å². The van der Waals surface area contributed by atoms with Crippen molar-refractivity contribution >= 4 is 11.7 Å². The van der Waals surface area contributed by atoms with Crippen LogP contribution >= 0.6 is 0 Å². The highest BCUT2D eigenvalue weighted by atomic mass is 16.5. The molecule has 2 heterocycles. The number of hydrogen-bond acceptors (Lipinski definition) is 2. The summed E-state index contributed by atoms with van der Waals surface area (Å²) in [6.07, 6.45) is 3.97. The van der Waals surface area contributed by atoms with E-state index in [1.165, 1.54) is 0 Å². The average molecular weight is 271 g/mol. The largest absolute Gasteiger partial charge is 0.378 e. The van der Waals surface area contributed by atoms with E-state index in [1.807, 2.05) is 53.4 Å². The molecule has 1 fully saturated rings. The Labute approximate surface area is 117 Å². The van der Waals surface area contributed by atoms with Crippen molar-refractivity contribution in [2.24, 2.45) is 0 Å². The fraction of sp³-hybridized carbons (Fsp3) is 0.267. The predicted octanol–water partition coefficient (Wildman–Crippen LogP) is 2.34. The van der Waals surface area contributed by atoms with Crippen molar-refractivity contribution in [3.8, 4) is 5.69 Å². The van der Waals surface area contributed by atoms with E-state index in [2.05, 4.69) is 5.32 Å². The van der Waals surface area contributed by atoms with E-state index < -0.39 is 0 Å². The van der Waals surface area contributed by atoms with Gasteiger partial charge in [-0.2, -0.15) is 0 Å². The van der Waals surface area contributed by atoms with Crippen LogP contribution in [0.2, 0.25) is 0 Å². The van der Waals surface area contributed by atoms with Crippen molar-refractivity contribution in [2.75, 3.05) is 31.6 Å². The number of nitrogens with zero attached hydrogens (tertiary/aromatic N) is 2. The maximum Gasteiger partial charge on any atom is 0.321 e. The second-order valence-electron chi connectivity index (χ2n) is 4.67. The lowest BCUT2D eigenvalue weighted by Gasteiger charge is -2.26. The monoisotopic (exact) mass is 271 g/mol. The highest BCUT2D eigenvalue weighted by molar-refractivity contribution is 5.89. The molecule has 0 atom stereocenters. The van der Waals surface area contributed by atoms with E-state index >= 15 is 0 Å². The normalized spacial score (nSPS) is 15.1. The lowest BCUT2D eigenvalue weighted by Crippen LogP contribution is -2.43. The van der Waals surface area contributed by atoms with Gasteiger partial charge in [-0.05, 0) is 36.4 Å². The van der Waals surface area contributed by atoms with Crippen LogP contribution in [0.15, 0.2) is 48.8 Å². The van der Waals surface area contributed by atoms with Crippen LogP contribution < -0.4 is 5.32 Å². The number of anilines is 1. The van der Waals surface area contributed by atoms with Gasteiger partial charge in [-0.3, -0.25) is 0 Å². The Bertz CT molecular complexity index is 557. The summed E-state index contributed by atoms with van der Waals surface area (Å²) in [5, 5.41) is 2.91. The zero-order chi connectivity index (χ0) is 13.8. The number of rotatable bonds is 2. The van der Waals surface area contributed by atoms with Gasteiger partial charge in [0.15, 0.2) is 0 Å². The number of amides is 2. The minimum Gasteiger partial charge on any atom is -0.378 e. The molecule has 0 aliphatic carbocycles. The van der Waals surface area contributed by atoms with Crippen LogP contribution in [0.4, 0.5) is 10.5 Å². The van der Waals surface area contributed by atoms with Crippen molar-refractivity contribution in [1.82, 2.24) is 9.47 Å². The molecule has 1 aromatic heterocycles. The van der Waals surface area contributed by atoms with Gasteiger partial charge < -0.3 is 19.5 Å². The third kappa shape index (κ3) is 2.83. The molecule has 0 radical (unpaired) electrons. The molecular weight excluding hydrogens is 254 g/mol. The molecule has 1 saturated heterocycles. The molecule has 104 valence electrons. The Morgan fingerprint density at radius 1 is 1.05 bits per heavy atom. The van der Waals surface area contributed by atoms with Crippen LogP contribution in [0.1, 0.15) is 0 Å². The zero-order valence-electron chi connectivity index (χ0n) is 11.2. The average Bonchev–Trinajstić information content (AvgIpc) is 3.03. The van der Waals surface area contributed by atoms with Crippen LogP contribution in [-0.4, -0.2) is 41.8 Å². The third-order valence-corrected chi connectivity index (χ3v) is 3.32. The lowest BCUT2D eigenvalue weighted by molar-refractivity contribution is 0.0564. The number of ether oxygens (including phenoxy) is 1. The van der Waals surface area contributed by atoms with E-state index in [0.29, 0.717) is 26.3 Å². The first-order valence-electron chi connectivity index (χ1n) is 6.70. The number of morpholine rings is 1. The van der Waals surface area contributed by atoms with Crippen molar-refractivity contribution in [1.29, 1.82) is 0 Å². The molecule has 20 heavy (non-hydrogen) atoms. The highest BCUT2D eigenvalue weighted by Gasteiger charge is 2.16. The number of hydrogen-bond donors (Lipinski definition) is 1. The topological polar surface area (TPSA) is 46.5 Å². The predicted molar refractivity (Wildman–Crippen MR) is 77.2 cm³/mol. The van der Waals surface area contributed by atoms with E-state index in [1.54, 1.807) is 4.90 Å². The van der Waals surface area contributed by atoms with Gasteiger partial charge in [0, 0.05) is 36.9 Å². The summed E-state index contributed by atoms with van der Waals surface area (Å²) in [6, 6.07) is 11.7. The molecule has 2 amide bonds. The van der Waals surface area contributed by atoms with Gasteiger partial charge in [-0.25, -0.2) is 4.79 Å². The number of carbonyl (C=O) groups excluding carboxylic acids is 1. The molecule has 2 aromatic rings. The molecule has 0 bridgehead atoms. The molecule has 1 aliphatic rings. The zero-order valence-corrected chi connectivity index (χ0v) is 11.2. The van der Waals surface area contributed by atoms with Gasteiger partial charge in [0.05, 0.1) is 13.2 Å². The second-order valence-corrected chi connectivity index (χ2v) is 4.67. The summed E-state index contributed by atoms with van der Waals surface area (Å²) in [4.78, 5) is 13.8. The number of carbonyl (C=O) groups is 1. The van der Waals surface area contributed by atoms with Crippen LogP contribution in [0.25, 0.3) is 5.69 Å². The molecule has 0 spiro atoms. The SMILES string of the molecule is O=C(Nc1ccc(-n2cccc2)cc1)N1CCOCC1. The first-order valence-corrected chi connectivity index (χ1v) is 6.70. The molecule has 3 rings (SSSR count). The number of aromatic nitrogens is 1. The molecule has 0 unspecified atom stereocenters. The molecular formula is C15H17N3O2. The summed E-state index contributed by atoms with van der Waals surface area (Å²) < 4.78 is 7.25. The molecule has 0 saturated carbocycles. The molecule has 5 heteroatoms. The Kier molecular flexibility index (Phi) is 3.69. The van der Waals surface area contributed by atoms with Crippen LogP contribution in [0.3, 0.4) is 0 Å². The standard InChI is InChI=1S/C15H17N3O2/c19-15(18-9-11-20-12-10-18)16-13-3-5-14(6-4-13)17-7-1-2-8-17/h1-8H,9-12H2,(H,16,19). The first kappa shape index (κ1) is 12.7. The molecule has 1 aliphatic heterocycles. The van der Waals surface area contributed by atoms with E-state index in [0.717, 1.165) is 11.4 Å². The highest BCUT2D eigenvalue weighted by Crippen LogP contribution is 2.14. The maximum atomic E-state index is 12.0. The fourth-order valence-corrected chi connectivity index (χ4v) is 2.19. The second kappa shape index (κ2) is 5.79. The van der Waals surface area contributed by atoms with Crippen molar-refractivity contribution in [3.63, 3.8) is 0 Å². The number of benzene rings is 1. The molecule has 1 N–H and O–H groups in total. The van der Waals surface area contributed by atoms with Crippen molar-refractivity contribution < 1.29 is 9.53 Å². The molecule has 5 nitrogen and oxygen atoms in total. The lowest BCUT2D eigenvalue weighted by atomic mass is 10.3. The van der Waals surface area contributed by atoms with Gasteiger partial charge >= 0.3 is 6.03 Å². The van der Waals surface area contributed by atoms with Crippen LogP contribution in [0.5, 0.6) is 0 Å². The summed E-state index contributed by atoms with van der Waals surface area (Å²) in [5.74, 6) is 0.